The van der Waals surface area contributed by atoms with Gasteiger partial charge in [0.25, 0.3) is 0 Å². The molecule has 3 nitrogen and oxygen atoms in total. The zero-order chi connectivity index (χ0) is 10.7. The van der Waals surface area contributed by atoms with Crippen molar-refractivity contribution >= 4 is 5.97 Å². The lowest BCUT2D eigenvalue weighted by atomic mass is 10.1. The molecule has 0 N–H and O–H groups in total. The minimum Gasteiger partial charge on any atom is -0.465 e. The number of nitriles is 1. The molecular weight excluding hydrogens is 185 g/mol. The number of nitrogens with zero attached hydrogens (tertiary/aromatic N) is 1. The Labute approximate surface area is 80.7 Å². The summed E-state index contributed by atoms with van der Waals surface area (Å²) >= 11 is 0. The average molecular weight is 193 g/mol. The van der Waals surface area contributed by atoms with E-state index >= 15 is 0 Å². The van der Waals surface area contributed by atoms with Crippen LogP contribution < -0.4 is 0 Å². The van der Waals surface area contributed by atoms with Crippen LogP contribution in [0.2, 0.25) is 0 Å². The number of carbonyl (C=O) groups is 1. The number of aryl methyl sites for hydroxylation is 1. The van der Waals surface area contributed by atoms with Gasteiger partial charge in [-0.2, -0.15) is 5.26 Å². The molecule has 1 aromatic rings. The van der Waals surface area contributed by atoms with Gasteiger partial charge in [-0.05, 0) is 24.6 Å². The summed E-state index contributed by atoms with van der Waals surface area (Å²) in [7, 11) is 1.16. The molecule has 1 rings (SSSR count). The molecule has 0 bridgehead atoms. The zero-order valence-electron chi connectivity index (χ0n) is 7.80. The summed E-state index contributed by atoms with van der Waals surface area (Å²) in [5.74, 6) is -1.60. The quantitative estimate of drug-likeness (QED) is 0.639. The molecule has 72 valence electrons. The van der Waals surface area contributed by atoms with E-state index in [0.29, 0.717) is 5.56 Å². The Morgan fingerprint density at radius 3 is 2.71 bits per heavy atom. The lowest BCUT2D eigenvalue weighted by Crippen LogP contribution is -2.06. The maximum Gasteiger partial charge on any atom is 0.340 e. The molecule has 0 atom stereocenters. The van der Waals surface area contributed by atoms with E-state index in [1.54, 1.807) is 13.0 Å². The fourth-order valence-electron chi connectivity index (χ4n) is 1.11. The highest BCUT2D eigenvalue weighted by molar-refractivity contribution is 5.90. The van der Waals surface area contributed by atoms with Gasteiger partial charge in [0.2, 0.25) is 0 Å². The van der Waals surface area contributed by atoms with Crippen LogP contribution in [0.15, 0.2) is 12.1 Å². The van der Waals surface area contributed by atoms with Gasteiger partial charge >= 0.3 is 5.97 Å². The van der Waals surface area contributed by atoms with Crippen LogP contribution in [0.25, 0.3) is 0 Å². The Bertz CT molecular complexity index is 421. The second kappa shape index (κ2) is 3.88. The SMILES string of the molecule is COC(=O)c1cc(C)cc(C#N)c1F. The smallest absolute Gasteiger partial charge is 0.340 e. The van der Waals surface area contributed by atoms with Crippen LogP contribution in [-0.4, -0.2) is 13.1 Å². The fourth-order valence-corrected chi connectivity index (χ4v) is 1.11. The van der Waals surface area contributed by atoms with E-state index < -0.39 is 11.8 Å². The Hall–Kier alpha value is -1.89. The van der Waals surface area contributed by atoms with Gasteiger partial charge in [-0.1, -0.05) is 0 Å². The monoisotopic (exact) mass is 193 g/mol. The summed E-state index contributed by atoms with van der Waals surface area (Å²) in [4.78, 5) is 11.1. The molecule has 4 heteroatoms. The first-order valence-corrected chi connectivity index (χ1v) is 3.88. The summed E-state index contributed by atoms with van der Waals surface area (Å²) in [6.07, 6.45) is 0. The van der Waals surface area contributed by atoms with Gasteiger partial charge in [0.1, 0.15) is 6.07 Å². The molecule has 0 saturated carbocycles. The highest BCUT2D eigenvalue weighted by Gasteiger charge is 2.16. The van der Waals surface area contributed by atoms with Crippen molar-refractivity contribution in [1.29, 1.82) is 5.26 Å². The number of hydrogen-bond acceptors (Lipinski definition) is 3. The highest BCUT2D eigenvalue weighted by atomic mass is 19.1. The molecule has 0 spiro atoms. The molecule has 0 fully saturated rings. The number of esters is 1. The fraction of sp³-hybridized carbons (Fsp3) is 0.200. The number of methoxy groups -OCH3 is 1. The van der Waals surface area contributed by atoms with Gasteiger partial charge in [0.05, 0.1) is 18.2 Å². The van der Waals surface area contributed by atoms with Crippen molar-refractivity contribution in [2.45, 2.75) is 6.92 Å². The number of hydrogen-bond donors (Lipinski definition) is 0. The first-order chi connectivity index (χ1) is 6.60. The average Bonchev–Trinajstić information content (AvgIpc) is 2.19. The number of ether oxygens (including phenoxy) is 1. The molecule has 0 saturated heterocycles. The van der Waals surface area contributed by atoms with E-state index in [9.17, 15) is 9.18 Å². The van der Waals surface area contributed by atoms with Crippen molar-refractivity contribution in [2.75, 3.05) is 7.11 Å². The van der Waals surface area contributed by atoms with Crippen LogP contribution in [0, 0.1) is 24.1 Å². The second-order valence-electron chi connectivity index (χ2n) is 2.78. The highest BCUT2D eigenvalue weighted by Crippen LogP contribution is 2.15. The standard InChI is InChI=1S/C10H8FNO2/c1-6-3-7(5-12)9(11)8(4-6)10(13)14-2/h3-4H,1-2H3. The number of carbonyl (C=O) groups excluding carboxylic acids is 1. The first-order valence-electron chi connectivity index (χ1n) is 3.88. The maximum atomic E-state index is 13.4. The Kier molecular flexibility index (Phi) is 2.82. The molecule has 0 aliphatic heterocycles. The van der Waals surface area contributed by atoms with Gasteiger partial charge in [-0.25, -0.2) is 9.18 Å². The number of halogens is 1. The van der Waals surface area contributed by atoms with E-state index in [0.717, 1.165) is 7.11 Å². The molecule has 0 amide bonds. The van der Waals surface area contributed by atoms with Crippen LogP contribution >= 0.6 is 0 Å². The minimum absolute atomic E-state index is 0.148. The van der Waals surface area contributed by atoms with E-state index in [1.165, 1.54) is 12.1 Å². The molecule has 0 unspecified atom stereocenters. The van der Waals surface area contributed by atoms with E-state index in [4.69, 9.17) is 5.26 Å². The zero-order valence-corrected chi connectivity index (χ0v) is 7.80. The Morgan fingerprint density at radius 1 is 1.57 bits per heavy atom. The van der Waals surface area contributed by atoms with E-state index in [2.05, 4.69) is 4.74 Å². The van der Waals surface area contributed by atoms with Gasteiger partial charge in [-0.15, -0.1) is 0 Å². The molecular formula is C10H8FNO2. The number of rotatable bonds is 1. The second-order valence-corrected chi connectivity index (χ2v) is 2.78. The van der Waals surface area contributed by atoms with Crippen molar-refractivity contribution in [3.05, 3.63) is 34.6 Å². The van der Waals surface area contributed by atoms with Crippen molar-refractivity contribution < 1.29 is 13.9 Å². The predicted octanol–water partition coefficient (Wildman–Crippen LogP) is 1.79. The van der Waals surface area contributed by atoms with E-state index in [-0.39, 0.29) is 11.1 Å². The molecule has 0 aromatic heterocycles. The van der Waals surface area contributed by atoms with Crippen LogP contribution in [0.3, 0.4) is 0 Å². The van der Waals surface area contributed by atoms with Crippen molar-refractivity contribution in [1.82, 2.24) is 0 Å². The normalized spacial score (nSPS) is 9.29. The Morgan fingerprint density at radius 2 is 2.21 bits per heavy atom. The maximum absolute atomic E-state index is 13.4. The summed E-state index contributed by atoms with van der Waals surface area (Å²) in [6.45, 7) is 1.67. The van der Waals surface area contributed by atoms with Gasteiger partial charge < -0.3 is 4.74 Å². The third-order valence-electron chi connectivity index (χ3n) is 1.74. The topological polar surface area (TPSA) is 50.1 Å². The lowest BCUT2D eigenvalue weighted by Gasteiger charge is -2.03. The molecule has 0 radical (unpaired) electrons. The van der Waals surface area contributed by atoms with Crippen LogP contribution in [0.5, 0.6) is 0 Å². The van der Waals surface area contributed by atoms with Gasteiger partial charge in [0, 0.05) is 0 Å². The lowest BCUT2D eigenvalue weighted by molar-refractivity contribution is 0.0595. The third kappa shape index (κ3) is 1.72. The summed E-state index contributed by atoms with van der Waals surface area (Å²) in [5, 5.41) is 8.58. The minimum atomic E-state index is -0.829. The predicted molar refractivity (Wildman–Crippen MR) is 47.2 cm³/mol. The summed E-state index contributed by atoms with van der Waals surface area (Å²) < 4.78 is 17.8. The van der Waals surface area contributed by atoms with E-state index in [1.807, 2.05) is 0 Å². The van der Waals surface area contributed by atoms with Crippen molar-refractivity contribution in [2.24, 2.45) is 0 Å². The third-order valence-corrected chi connectivity index (χ3v) is 1.74. The van der Waals surface area contributed by atoms with Crippen molar-refractivity contribution in [3.63, 3.8) is 0 Å². The molecule has 0 aliphatic carbocycles. The van der Waals surface area contributed by atoms with Gasteiger partial charge in [0.15, 0.2) is 5.82 Å². The van der Waals surface area contributed by atoms with Crippen LogP contribution in [0.4, 0.5) is 4.39 Å². The van der Waals surface area contributed by atoms with Crippen LogP contribution in [0.1, 0.15) is 21.5 Å². The van der Waals surface area contributed by atoms with Crippen LogP contribution in [-0.2, 0) is 4.74 Å². The number of benzene rings is 1. The summed E-state index contributed by atoms with van der Waals surface area (Å²) in [5.41, 5.74) is 0.290. The molecule has 0 aliphatic rings. The molecule has 0 heterocycles. The first kappa shape index (κ1) is 10.2. The van der Waals surface area contributed by atoms with Crippen molar-refractivity contribution in [3.8, 4) is 6.07 Å². The van der Waals surface area contributed by atoms with Gasteiger partial charge in [-0.3, -0.25) is 0 Å². The molecule has 14 heavy (non-hydrogen) atoms. The largest absolute Gasteiger partial charge is 0.465 e. The molecule has 1 aromatic carbocycles. The summed E-state index contributed by atoms with van der Waals surface area (Å²) in [6, 6.07) is 4.40. The Balaban J connectivity index is 3.38.